The fraction of sp³-hybridized carbons (Fsp3) is 0.208. The van der Waals surface area contributed by atoms with Crippen LogP contribution in [0.25, 0.3) is 16.2 Å². The number of benzene rings is 2. The summed E-state index contributed by atoms with van der Waals surface area (Å²) in [5.74, 6) is -0.464. The first-order chi connectivity index (χ1) is 16.0. The third-order valence-corrected chi connectivity index (χ3v) is 6.73. The first-order valence-corrected chi connectivity index (χ1v) is 11.3. The summed E-state index contributed by atoms with van der Waals surface area (Å²) in [5, 5.41) is 10.6. The first kappa shape index (κ1) is 22.8. The molecule has 1 aliphatic rings. The van der Waals surface area contributed by atoms with Crippen molar-refractivity contribution < 1.29 is 23.8 Å². The van der Waals surface area contributed by atoms with Crippen molar-refractivity contribution in [1.29, 1.82) is 5.26 Å². The number of methoxy groups -OCH3 is 1. The number of fused-ring (bicyclic) bond motifs is 1. The van der Waals surface area contributed by atoms with E-state index >= 15 is 0 Å². The van der Waals surface area contributed by atoms with Crippen molar-refractivity contribution in [3.05, 3.63) is 63.5 Å². The average Bonchev–Trinajstić information content (AvgIpc) is 3.20. The summed E-state index contributed by atoms with van der Waals surface area (Å²) in [7, 11) is 1.44. The Balaban J connectivity index is 1.56. The van der Waals surface area contributed by atoms with Crippen LogP contribution in [0.3, 0.4) is 0 Å². The largest absolute Gasteiger partial charge is 0.493 e. The van der Waals surface area contributed by atoms with Crippen LogP contribution < -0.4 is 9.47 Å². The molecule has 0 N–H and O–H groups in total. The third kappa shape index (κ3) is 4.86. The minimum absolute atomic E-state index is 0.000699. The van der Waals surface area contributed by atoms with Gasteiger partial charge in [-0.3, -0.25) is 4.79 Å². The second-order valence-electron chi connectivity index (χ2n) is 7.12. The van der Waals surface area contributed by atoms with E-state index in [1.165, 1.54) is 24.5 Å². The van der Waals surface area contributed by atoms with Crippen molar-refractivity contribution in [2.45, 2.75) is 0 Å². The number of thiophene rings is 1. The molecule has 1 fully saturated rings. The summed E-state index contributed by atoms with van der Waals surface area (Å²) in [6, 6.07) is 14.2. The third-order valence-electron chi connectivity index (χ3n) is 5.07. The number of carbonyl (C=O) groups excluding carboxylic acids is 2. The zero-order valence-electron chi connectivity index (χ0n) is 17.7. The second-order valence-corrected chi connectivity index (χ2v) is 8.55. The quantitative estimate of drug-likeness (QED) is 0.229. The van der Waals surface area contributed by atoms with Crippen LogP contribution in [-0.4, -0.2) is 50.2 Å². The highest BCUT2D eigenvalue weighted by Gasteiger charge is 2.22. The van der Waals surface area contributed by atoms with Crippen LogP contribution in [0.4, 0.5) is 0 Å². The molecule has 2 aromatic carbocycles. The van der Waals surface area contributed by atoms with E-state index < -0.39 is 5.97 Å². The lowest BCUT2D eigenvalue weighted by Gasteiger charge is -2.26. The second kappa shape index (κ2) is 10.0. The highest BCUT2D eigenvalue weighted by atomic mass is 35.5. The zero-order valence-corrected chi connectivity index (χ0v) is 19.2. The fourth-order valence-electron chi connectivity index (χ4n) is 3.40. The van der Waals surface area contributed by atoms with E-state index in [-0.39, 0.29) is 23.0 Å². The highest BCUT2D eigenvalue weighted by Crippen LogP contribution is 2.37. The van der Waals surface area contributed by atoms with E-state index in [1.54, 1.807) is 23.1 Å². The Hall–Kier alpha value is -3.38. The lowest BCUT2D eigenvalue weighted by molar-refractivity contribution is -0.130. The number of ether oxygens (including phenoxy) is 3. The van der Waals surface area contributed by atoms with E-state index in [9.17, 15) is 14.9 Å². The molecule has 4 rings (SSSR count). The van der Waals surface area contributed by atoms with Crippen molar-refractivity contribution in [2.75, 3.05) is 33.4 Å². The number of nitrogens with zero attached hydrogens (tertiary/aromatic N) is 2. The normalized spacial score (nSPS) is 14.1. The van der Waals surface area contributed by atoms with E-state index in [4.69, 9.17) is 25.8 Å². The summed E-state index contributed by atoms with van der Waals surface area (Å²) < 4.78 is 17.1. The summed E-state index contributed by atoms with van der Waals surface area (Å²) in [6.45, 7) is 1.77. The molecule has 33 heavy (non-hydrogen) atoms. The van der Waals surface area contributed by atoms with Crippen molar-refractivity contribution >= 4 is 51.0 Å². The van der Waals surface area contributed by atoms with Gasteiger partial charge in [0, 0.05) is 23.2 Å². The van der Waals surface area contributed by atoms with Gasteiger partial charge in [-0.05, 0) is 29.8 Å². The van der Waals surface area contributed by atoms with Crippen molar-refractivity contribution in [2.24, 2.45) is 0 Å². The number of morpholine rings is 1. The summed E-state index contributed by atoms with van der Waals surface area (Å²) in [4.78, 5) is 27.3. The minimum Gasteiger partial charge on any atom is -0.493 e. The number of hydrogen-bond acceptors (Lipinski definition) is 7. The molecule has 0 aliphatic carbocycles. The Morgan fingerprint density at radius 3 is 2.64 bits per heavy atom. The van der Waals surface area contributed by atoms with Gasteiger partial charge < -0.3 is 19.1 Å². The van der Waals surface area contributed by atoms with E-state index in [0.717, 1.165) is 10.1 Å². The summed E-state index contributed by atoms with van der Waals surface area (Å²) in [5.41, 5.74) is 0.561. The average molecular weight is 483 g/mol. The Labute approximate surface area is 199 Å². The van der Waals surface area contributed by atoms with E-state index in [2.05, 4.69) is 0 Å². The maximum atomic E-state index is 12.8. The Kier molecular flexibility index (Phi) is 6.94. The van der Waals surface area contributed by atoms with Crippen LogP contribution in [0.1, 0.15) is 15.2 Å². The maximum absolute atomic E-state index is 12.8. The molecule has 1 aliphatic heterocycles. The Morgan fingerprint density at radius 1 is 1.18 bits per heavy atom. The van der Waals surface area contributed by atoms with Crippen LogP contribution >= 0.6 is 22.9 Å². The molecule has 0 spiro atoms. The van der Waals surface area contributed by atoms with Gasteiger partial charge in [0.2, 0.25) is 0 Å². The van der Waals surface area contributed by atoms with Gasteiger partial charge >= 0.3 is 5.97 Å². The smallest absolute Gasteiger partial charge is 0.355 e. The molecular weight excluding hydrogens is 464 g/mol. The van der Waals surface area contributed by atoms with Crippen LogP contribution in [-0.2, 0) is 9.53 Å². The van der Waals surface area contributed by atoms with Gasteiger partial charge in [0.05, 0.1) is 25.3 Å². The minimum atomic E-state index is -0.594. The van der Waals surface area contributed by atoms with Crippen LogP contribution in [0.15, 0.2) is 48.0 Å². The Bertz CT molecular complexity index is 1290. The number of carbonyl (C=O) groups is 2. The van der Waals surface area contributed by atoms with Crippen molar-refractivity contribution in [1.82, 2.24) is 4.90 Å². The summed E-state index contributed by atoms with van der Waals surface area (Å²) >= 11 is 7.63. The molecule has 1 amide bonds. The van der Waals surface area contributed by atoms with Gasteiger partial charge in [0.1, 0.15) is 16.5 Å². The molecular formula is C24H19ClN2O5S. The molecule has 7 nitrogen and oxygen atoms in total. The van der Waals surface area contributed by atoms with Gasteiger partial charge in [-0.2, -0.15) is 5.26 Å². The predicted octanol–water partition coefficient (Wildman–Crippen LogP) is 4.55. The van der Waals surface area contributed by atoms with E-state index in [1.807, 2.05) is 30.3 Å². The number of esters is 1. The van der Waals surface area contributed by atoms with Gasteiger partial charge in [0.15, 0.2) is 11.5 Å². The molecule has 0 saturated carbocycles. The lowest BCUT2D eigenvalue weighted by Crippen LogP contribution is -2.41. The highest BCUT2D eigenvalue weighted by molar-refractivity contribution is 7.21. The molecule has 0 radical (unpaired) electrons. The molecule has 0 atom stereocenters. The number of amides is 1. The van der Waals surface area contributed by atoms with Crippen molar-refractivity contribution in [3.63, 3.8) is 0 Å². The number of halogens is 1. The first-order valence-electron chi connectivity index (χ1n) is 10.1. The monoisotopic (exact) mass is 482 g/mol. The number of hydrogen-bond donors (Lipinski definition) is 0. The molecule has 0 unspecified atom stereocenters. The van der Waals surface area contributed by atoms with Gasteiger partial charge in [-0.15, -0.1) is 11.3 Å². The van der Waals surface area contributed by atoms with Crippen LogP contribution in [0.2, 0.25) is 5.02 Å². The van der Waals surface area contributed by atoms with Crippen molar-refractivity contribution in [3.8, 4) is 17.6 Å². The topological polar surface area (TPSA) is 88.9 Å². The standard InChI is InChI=1S/C24H19ClN2O5S/c1-30-19-13-15(12-16(14-26)23(28)27-8-10-31-11-9-27)6-7-18(19)32-24(29)22-21(25)17-4-2-3-5-20(17)33-22/h2-7,12-13H,8-11H2,1H3/b16-12+. The van der Waals surface area contributed by atoms with Crippen LogP contribution in [0, 0.1) is 11.3 Å². The summed E-state index contributed by atoms with van der Waals surface area (Å²) in [6.07, 6.45) is 1.48. The zero-order chi connectivity index (χ0) is 23.4. The maximum Gasteiger partial charge on any atom is 0.355 e. The molecule has 0 bridgehead atoms. The molecule has 3 aromatic rings. The Morgan fingerprint density at radius 2 is 1.94 bits per heavy atom. The molecule has 2 heterocycles. The van der Waals surface area contributed by atoms with E-state index in [0.29, 0.717) is 41.8 Å². The van der Waals surface area contributed by atoms with Gasteiger partial charge in [-0.1, -0.05) is 35.9 Å². The molecule has 1 saturated heterocycles. The lowest BCUT2D eigenvalue weighted by atomic mass is 10.1. The SMILES string of the molecule is COc1cc(/C=C(\C#N)C(=O)N2CCOCC2)ccc1OC(=O)c1sc2ccccc2c1Cl. The molecule has 9 heteroatoms. The van der Waals surface area contributed by atoms with Gasteiger partial charge in [-0.25, -0.2) is 4.79 Å². The molecule has 168 valence electrons. The van der Waals surface area contributed by atoms with Gasteiger partial charge in [0.25, 0.3) is 5.91 Å². The number of rotatable bonds is 5. The predicted molar refractivity (Wildman–Crippen MR) is 126 cm³/mol. The van der Waals surface area contributed by atoms with Crippen LogP contribution in [0.5, 0.6) is 11.5 Å². The molecule has 1 aromatic heterocycles. The number of nitriles is 1. The fourth-order valence-corrected chi connectivity index (χ4v) is 4.78.